The highest BCUT2D eigenvalue weighted by molar-refractivity contribution is 5.89. The maximum atomic E-state index is 12.7. The molecule has 0 radical (unpaired) electrons. The number of hydrogen-bond donors (Lipinski definition) is 3. The fraction of sp³-hybridized carbons (Fsp3) is 0.538. The number of nitrogens with two attached hydrogens (primary N) is 2. The minimum atomic E-state index is -0.950. The second-order valence-corrected chi connectivity index (χ2v) is 10.5. The number of rotatable bonds is 6. The normalized spacial score (nSPS) is 20.9. The Labute approximate surface area is 222 Å². The van der Waals surface area contributed by atoms with Crippen molar-refractivity contribution in [3.63, 3.8) is 0 Å². The molecule has 12 nitrogen and oxygen atoms in total. The third-order valence-electron chi connectivity index (χ3n) is 7.06. The number of amides is 3. The number of piperidine rings is 1. The zero-order chi connectivity index (χ0) is 27.4. The topological polar surface area (TPSA) is 152 Å². The Hall–Kier alpha value is -3.32. The summed E-state index contributed by atoms with van der Waals surface area (Å²) in [5.74, 6) is 0.0253. The van der Waals surface area contributed by atoms with Crippen LogP contribution in [0.3, 0.4) is 0 Å². The Balaban J connectivity index is 1.32. The van der Waals surface area contributed by atoms with Gasteiger partial charge in [-0.1, -0.05) is 12.1 Å². The maximum absolute atomic E-state index is 12.7. The predicted molar refractivity (Wildman–Crippen MR) is 144 cm³/mol. The van der Waals surface area contributed by atoms with E-state index in [1.165, 1.54) is 4.57 Å². The van der Waals surface area contributed by atoms with E-state index in [2.05, 4.69) is 15.2 Å². The number of hydrogen-bond acceptors (Lipinski definition) is 8. The molecule has 0 spiro atoms. The molecule has 38 heavy (non-hydrogen) atoms. The molecule has 1 aromatic heterocycles. The average Bonchev–Trinajstić information content (AvgIpc) is 2.89. The highest BCUT2D eigenvalue weighted by Crippen LogP contribution is 2.17. The van der Waals surface area contributed by atoms with Gasteiger partial charge in [0, 0.05) is 65.2 Å². The molecule has 0 bridgehead atoms. The molecule has 206 valence electrons. The molecule has 0 saturated carbocycles. The van der Waals surface area contributed by atoms with Crippen molar-refractivity contribution in [2.24, 2.45) is 11.5 Å². The lowest BCUT2D eigenvalue weighted by Gasteiger charge is -2.37. The molecule has 0 aliphatic carbocycles. The summed E-state index contributed by atoms with van der Waals surface area (Å²) in [4.78, 5) is 47.3. The van der Waals surface area contributed by atoms with E-state index in [1.807, 2.05) is 24.3 Å². The second kappa shape index (κ2) is 11.6. The van der Waals surface area contributed by atoms with Crippen LogP contribution < -0.4 is 22.5 Å². The summed E-state index contributed by atoms with van der Waals surface area (Å²) in [5.41, 5.74) is 12.4. The quantitative estimate of drug-likeness (QED) is 0.483. The Bertz CT molecular complexity index is 1180. The third kappa shape index (κ3) is 6.57. The lowest BCUT2D eigenvalue weighted by atomic mass is 10.0. The molecule has 0 unspecified atom stereocenters. The number of nitrogens with zero attached hydrogens (tertiary/aromatic N) is 5. The summed E-state index contributed by atoms with van der Waals surface area (Å²) in [6.45, 7) is 7.35. The van der Waals surface area contributed by atoms with Crippen molar-refractivity contribution < 1.29 is 14.3 Å². The molecule has 2 aliphatic heterocycles. The molecule has 3 heterocycles. The number of ether oxygens (including phenoxy) is 1. The number of nitrogens with one attached hydrogen (secondary N) is 1. The lowest BCUT2D eigenvalue weighted by molar-refractivity contribution is -0.137. The number of carbonyl (C=O) groups is 2. The van der Waals surface area contributed by atoms with Crippen LogP contribution in [0.2, 0.25) is 0 Å². The zero-order valence-electron chi connectivity index (χ0n) is 22.3. The molecule has 2 fully saturated rings. The van der Waals surface area contributed by atoms with Gasteiger partial charge in [0.2, 0.25) is 5.91 Å². The smallest absolute Gasteiger partial charge is 0.354 e. The van der Waals surface area contributed by atoms with Gasteiger partial charge in [0.1, 0.15) is 5.82 Å². The molecule has 2 aliphatic rings. The summed E-state index contributed by atoms with van der Waals surface area (Å²) < 4.78 is 6.92. The first-order valence-corrected chi connectivity index (χ1v) is 12.9. The van der Waals surface area contributed by atoms with Crippen molar-refractivity contribution in [3.8, 4) is 5.69 Å². The van der Waals surface area contributed by atoms with Crippen LogP contribution in [0.4, 0.5) is 10.6 Å². The number of aromatic nitrogens is 2. The van der Waals surface area contributed by atoms with E-state index >= 15 is 0 Å². The van der Waals surface area contributed by atoms with Gasteiger partial charge >= 0.3 is 11.7 Å². The number of piperazine rings is 1. The van der Waals surface area contributed by atoms with Crippen molar-refractivity contribution in [2.45, 2.75) is 44.5 Å². The maximum Gasteiger partial charge on any atom is 0.354 e. The van der Waals surface area contributed by atoms with Crippen molar-refractivity contribution in [1.29, 1.82) is 0 Å². The molecule has 2 saturated heterocycles. The van der Waals surface area contributed by atoms with Crippen LogP contribution in [0, 0.1) is 0 Å². The molecule has 2 aromatic rings. The fourth-order valence-corrected chi connectivity index (χ4v) is 4.79. The van der Waals surface area contributed by atoms with Crippen LogP contribution in [0.1, 0.15) is 25.8 Å². The van der Waals surface area contributed by atoms with E-state index < -0.39 is 11.2 Å². The SMILES string of the molecule is CO[C@@H]1CN(Cc2ccc(-n3ccc(NC(=O)N4CCN(C(=O)C(C)(C)N)CC4)nc3=O)cc2)CC[C@@H]1N. The molecular weight excluding hydrogens is 488 g/mol. The Morgan fingerprint density at radius 1 is 1.08 bits per heavy atom. The van der Waals surface area contributed by atoms with Crippen molar-refractivity contribution in [3.05, 3.63) is 52.6 Å². The van der Waals surface area contributed by atoms with Gasteiger partial charge in [0.05, 0.1) is 17.3 Å². The van der Waals surface area contributed by atoms with E-state index in [-0.39, 0.29) is 29.9 Å². The number of urea groups is 1. The Morgan fingerprint density at radius 3 is 2.34 bits per heavy atom. The van der Waals surface area contributed by atoms with Gasteiger partial charge in [-0.3, -0.25) is 19.6 Å². The minimum Gasteiger partial charge on any atom is -0.379 e. The summed E-state index contributed by atoms with van der Waals surface area (Å²) in [6, 6.07) is 9.02. The van der Waals surface area contributed by atoms with Gasteiger partial charge < -0.3 is 26.0 Å². The first-order chi connectivity index (χ1) is 18.0. The van der Waals surface area contributed by atoms with Crippen molar-refractivity contribution in [1.82, 2.24) is 24.3 Å². The van der Waals surface area contributed by atoms with Gasteiger partial charge in [-0.15, -0.1) is 0 Å². The first kappa shape index (κ1) is 27.7. The van der Waals surface area contributed by atoms with Crippen LogP contribution in [0.5, 0.6) is 0 Å². The van der Waals surface area contributed by atoms with Gasteiger partial charge in [-0.2, -0.15) is 4.98 Å². The fourth-order valence-electron chi connectivity index (χ4n) is 4.79. The number of carbonyl (C=O) groups excluding carboxylic acids is 2. The predicted octanol–water partition coefficient (Wildman–Crippen LogP) is 0.194. The second-order valence-electron chi connectivity index (χ2n) is 10.5. The van der Waals surface area contributed by atoms with Crippen LogP contribution in [0.15, 0.2) is 41.3 Å². The van der Waals surface area contributed by atoms with E-state index in [4.69, 9.17) is 16.2 Å². The van der Waals surface area contributed by atoms with E-state index in [9.17, 15) is 14.4 Å². The van der Waals surface area contributed by atoms with Crippen molar-refractivity contribution in [2.75, 3.05) is 51.7 Å². The number of anilines is 1. The largest absolute Gasteiger partial charge is 0.379 e. The molecule has 5 N–H and O–H groups in total. The number of methoxy groups -OCH3 is 1. The van der Waals surface area contributed by atoms with Crippen molar-refractivity contribution >= 4 is 17.8 Å². The summed E-state index contributed by atoms with van der Waals surface area (Å²) in [6.07, 6.45) is 2.52. The van der Waals surface area contributed by atoms with Gasteiger partial charge in [0.15, 0.2) is 0 Å². The monoisotopic (exact) mass is 526 g/mol. The summed E-state index contributed by atoms with van der Waals surface area (Å²) in [5, 5.41) is 2.68. The van der Waals surface area contributed by atoms with Gasteiger partial charge in [-0.25, -0.2) is 9.59 Å². The van der Waals surface area contributed by atoms with Crippen LogP contribution in [-0.4, -0.2) is 100 Å². The van der Waals surface area contributed by atoms with Crippen LogP contribution in [0.25, 0.3) is 5.69 Å². The standard InChI is InChI=1S/C26H38N8O4/c1-26(2,28)23(35)32-12-14-33(15-13-32)24(36)29-22-9-11-34(25(37)30-22)19-6-4-18(5-7-19)16-31-10-8-20(27)21(17-31)38-3/h4-7,9,11,20-21H,8,10,12-17,27-28H2,1-3H3,(H,29,30,36,37)/t20-,21+/m0/s1. The molecule has 3 amide bonds. The Morgan fingerprint density at radius 2 is 1.74 bits per heavy atom. The number of likely N-dealkylation sites (tertiary alicyclic amines) is 1. The van der Waals surface area contributed by atoms with Gasteiger partial charge in [0.25, 0.3) is 0 Å². The molecular formula is C26H38N8O4. The van der Waals surface area contributed by atoms with E-state index in [0.717, 1.165) is 31.6 Å². The molecule has 1 aromatic carbocycles. The summed E-state index contributed by atoms with van der Waals surface area (Å²) >= 11 is 0. The first-order valence-electron chi connectivity index (χ1n) is 12.9. The zero-order valence-corrected chi connectivity index (χ0v) is 22.3. The van der Waals surface area contributed by atoms with E-state index in [0.29, 0.717) is 31.9 Å². The number of benzene rings is 1. The average molecular weight is 527 g/mol. The minimum absolute atomic E-state index is 0.0315. The molecule has 2 atom stereocenters. The molecule has 12 heteroatoms. The van der Waals surface area contributed by atoms with Gasteiger partial charge in [-0.05, 0) is 44.0 Å². The molecule has 4 rings (SSSR count). The van der Waals surface area contributed by atoms with Crippen LogP contribution >= 0.6 is 0 Å². The lowest BCUT2D eigenvalue weighted by Crippen LogP contribution is -2.58. The third-order valence-corrected chi connectivity index (χ3v) is 7.06. The van der Waals surface area contributed by atoms with Crippen LogP contribution in [-0.2, 0) is 16.1 Å². The summed E-state index contributed by atoms with van der Waals surface area (Å²) in [7, 11) is 1.69. The highest BCUT2D eigenvalue weighted by Gasteiger charge is 2.31. The highest BCUT2D eigenvalue weighted by atomic mass is 16.5. The van der Waals surface area contributed by atoms with E-state index in [1.54, 1.807) is 43.0 Å². The Kier molecular flexibility index (Phi) is 8.46.